The SMILES string of the molecule is CNC(CCC(C)C)c1ccc(F)c2ccccc12. The lowest BCUT2D eigenvalue weighted by Crippen LogP contribution is -2.17. The summed E-state index contributed by atoms with van der Waals surface area (Å²) in [6.45, 7) is 4.46. The van der Waals surface area contributed by atoms with Gasteiger partial charge in [-0.25, -0.2) is 4.39 Å². The van der Waals surface area contributed by atoms with E-state index in [-0.39, 0.29) is 11.9 Å². The molecule has 102 valence electrons. The molecule has 2 rings (SSSR count). The van der Waals surface area contributed by atoms with E-state index in [9.17, 15) is 4.39 Å². The summed E-state index contributed by atoms with van der Waals surface area (Å²) in [5.41, 5.74) is 1.19. The minimum Gasteiger partial charge on any atom is -0.313 e. The molecule has 2 aromatic carbocycles. The smallest absolute Gasteiger partial charge is 0.131 e. The van der Waals surface area contributed by atoms with E-state index in [1.165, 1.54) is 5.56 Å². The predicted molar refractivity (Wildman–Crippen MR) is 79.8 cm³/mol. The van der Waals surface area contributed by atoms with E-state index in [0.717, 1.165) is 18.2 Å². The first-order chi connectivity index (χ1) is 9.13. The van der Waals surface area contributed by atoms with E-state index in [0.29, 0.717) is 11.3 Å². The summed E-state index contributed by atoms with van der Waals surface area (Å²) in [4.78, 5) is 0. The van der Waals surface area contributed by atoms with Crippen molar-refractivity contribution in [2.45, 2.75) is 32.7 Å². The Balaban J connectivity index is 2.40. The van der Waals surface area contributed by atoms with Gasteiger partial charge in [0.15, 0.2) is 0 Å². The Morgan fingerprint density at radius 2 is 1.68 bits per heavy atom. The summed E-state index contributed by atoms with van der Waals surface area (Å²) in [6, 6.07) is 11.5. The van der Waals surface area contributed by atoms with Gasteiger partial charge in [-0.3, -0.25) is 0 Å². The Morgan fingerprint density at radius 1 is 1.00 bits per heavy atom. The molecule has 0 aliphatic heterocycles. The Kier molecular flexibility index (Phi) is 4.54. The Labute approximate surface area is 114 Å². The maximum Gasteiger partial charge on any atom is 0.131 e. The molecule has 0 radical (unpaired) electrons. The summed E-state index contributed by atoms with van der Waals surface area (Å²) in [7, 11) is 1.98. The van der Waals surface area contributed by atoms with Gasteiger partial charge in [0.2, 0.25) is 0 Å². The largest absolute Gasteiger partial charge is 0.313 e. The van der Waals surface area contributed by atoms with Crippen molar-refractivity contribution in [2.24, 2.45) is 5.92 Å². The minimum atomic E-state index is -0.141. The third-order valence-electron chi connectivity index (χ3n) is 3.66. The van der Waals surface area contributed by atoms with Crippen LogP contribution in [-0.2, 0) is 0 Å². The first-order valence-electron chi connectivity index (χ1n) is 6.98. The molecule has 1 unspecified atom stereocenters. The molecule has 0 spiro atoms. The average molecular weight is 259 g/mol. The summed E-state index contributed by atoms with van der Waals surface area (Å²) in [5, 5.41) is 5.09. The molecule has 0 saturated carbocycles. The van der Waals surface area contributed by atoms with Crippen molar-refractivity contribution in [1.29, 1.82) is 0 Å². The third kappa shape index (κ3) is 3.13. The Morgan fingerprint density at radius 3 is 2.32 bits per heavy atom. The molecule has 0 amide bonds. The van der Waals surface area contributed by atoms with Crippen molar-refractivity contribution in [2.75, 3.05) is 7.05 Å². The second-order valence-electron chi connectivity index (χ2n) is 5.49. The zero-order valence-electron chi connectivity index (χ0n) is 11.9. The van der Waals surface area contributed by atoms with Gasteiger partial charge < -0.3 is 5.32 Å². The molecule has 0 saturated heterocycles. The number of benzene rings is 2. The molecule has 0 fully saturated rings. The standard InChI is InChI=1S/C17H22FN/c1-12(2)8-11-17(19-3)15-9-10-16(18)14-7-5-4-6-13(14)15/h4-7,9-10,12,17,19H,8,11H2,1-3H3. The highest BCUT2D eigenvalue weighted by Gasteiger charge is 2.14. The van der Waals surface area contributed by atoms with Crippen LogP contribution in [0.5, 0.6) is 0 Å². The van der Waals surface area contributed by atoms with Crippen LogP contribution in [0.3, 0.4) is 0 Å². The van der Waals surface area contributed by atoms with E-state index in [1.54, 1.807) is 6.07 Å². The lowest BCUT2D eigenvalue weighted by atomic mass is 9.93. The summed E-state index contributed by atoms with van der Waals surface area (Å²) in [6.07, 6.45) is 2.24. The second kappa shape index (κ2) is 6.16. The van der Waals surface area contributed by atoms with Crippen LogP contribution in [0.25, 0.3) is 10.8 Å². The van der Waals surface area contributed by atoms with Gasteiger partial charge in [-0.2, -0.15) is 0 Å². The first kappa shape index (κ1) is 14.0. The van der Waals surface area contributed by atoms with Gasteiger partial charge in [0.25, 0.3) is 0 Å². The van der Waals surface area contributed by atoms with E-state index in [2.05, 4.69) is 19.2 Å². The number of halogens is 1. The lowest BCUT2D eigenvalue weighted by Gasteiger charge is -2.20. The highest BCUT2D eigenvalue weighted by molar-refractivity contribution is 5.86. The molecule has 0 bridgehead atoms. The quantitative estimate of drug-likeness (QED) is 0.822. The molecule has 0 aliphatic rings. The van der Waals surface area contributed by atoms with Gasteiger partial charge >= 0.3 is 0 Å². The van der Waals surface area contributed by atoms with Crippen LogP contribution in [0.4, 0.5) is 4.39 Å². The Hall–Kier alpha value is -1.41. The van der Waals surface area contributed by atoms with Crippen LogP contribution in [-0.4, -0.2) is 7.05 Å². The molecule has 0 aromatic heterocycles. The molecule has 0 aliphatic carbocycles. The fraction of sp³-hybridized carbons (Fsp3) is 0.412. The highest BCUT2D eigenvalue weighted by Crippen LogP contribution is 2.29. The van der Waals surface area contributed by atoms with Gasteiger partial charge in [0.1, 0.15) is 5.82 Å². The fourth-order valence-corrected chi connectivity index (χ4v) is 2.54. The highest BCUT2D eigenvalue weighted by atomic mass is 19.1. The number of fused-ring (bicyclic) bond motifs is 1. The van der Waals surface area contributed by atoms with Crippen LogP contribution < -0.4 is 5.32 Å². The van der Waals surface area contributed by atoms with Gasteiger partial charge in [-0.15, -0.1) is 0 Å². The topological polar surface area (TPSA) is 12.0 Å². The zero-order chi connectivity index (χ0) is 13.8. The van der Waals surface area contributed by atoms with Gasteiger partial charge in [0, 0.05) is 11.4 Å². The summed E-state index contributed by atoms with van der Waals surface area (Å²) < 4.78 is 13.8. The molecule has 2 heteroatoms. The minimum absolute atomic E-state index is 0.141. The maximum absolute atomic E-state index is 13.8. The third-order valence-corrected chi connectivity index (χ3v) is 3.66. The zero-order valence-corrected chi connectivity index (χ0v) is 11.9. The van der Waals surface area contributed by atoms with E-state index >= 15 is 0 Å². The second-order valence-corrected chi connectivity index (χ2v) is 5.49. The predicted octanol–water partition coefficient (Wildman–Crippen LogP) is 4.68. The molecule has 0 heterocycles. The molecular weight excluding hydrogens is 237 g/mol. The molecule has 2 aromatic rings. The molecule has 1 N–H and O–H groups in total. The molecule has 1 atom stereocenters. The van der Waals surface area contributed by atoms with Crippen molar-refractivity contribution in [3.63, 3.8) is 0 Å². The lowest BCUT2D eigenvalue weighted by molar-refractivity contribution is 0.466. The summed E-state index contributed by atoms with van der Waals surface area (Å²) >= 11 is 0. The van der Waals surface area contributed by atoms with Crippen molar-refractivity contribution < 1.29 is 4.39 Å². The first-order valence-corrected chi connectivity index (χ1v) is 6.98. The molecular formula is C17H22FN. The fourth-order valence-electron chi connectivity index (χ4n) is 2.54. The van der Waals surface area contributed by atoms with Crippen LogP contribution in [0.1, 0.15) is 38.3 Å². The van der Waals surface area contributed by atoms with Crippen LogP contribution >= 0.6 is 0 Å². The number of nitrogens with one attached hydrogen (secondary N) is 1. The molecule has 1 nitrogen and oxygen atoms in total. The van der Waals surface area contributed by atoms with E-state index < -0.39 is 0 Å². The van der Waals surface area contributed by atoms with Crippen LogP contribution in [0, 0.1) is 11.7 Å². The number of rotatable bonds is 5. The van der Waals surface area contributed by atoms with Crippen molar-refractivity contribution in [3.05, 3.63) is 47.8 Å². The Bertz CT molecular complexity index is 548. The monoisotopic (exact) mass is 259 g/mol. The molecule has 19 heavy (non-hydrogen) atoms. The van der Waals surface area contributed by atoms with Crippen molar-refractivity contribution >= 4 is 10.8 Å². The van der Waals surface area contributed by atoms with Crippen molar-refractivity contribution in [3.8, 4) is 0 Å². The maximum atomic E-state index is 13.8. The van der Waals surface area contributed by atoms with Gasteiger partial charge in [0.05, 0.1) is 0 Å². The van der Waals surface area contributed by atoms with Crippen LogP contribution in [0.15, 0.2) is 36.4 Å². The van der Waals surface area contributed by atoms with Gasteiger partial charge in [-0.05, 0) is 42.8 Å². The normalized spacial score (nSPS) is 13.1. The van der Waals surface area contributed by atoms with E-state index in [1.807, 2.05) is 37.4 Å². The van der Waals surface area contributed by atoms with Crippen molar-refractivity contribution in [1.82, 2.24) is 5.32 Å². The number of hydrogen-bond donors (Lipinski definition) is 1. The number of hydrogen-bond acceptors (Lipinski definition) is 1. The van der Waals surface area contributed by atoms with Crippen LogP contribution in [0.2, 0.25) is 0 Å². The summed E-state index contributed by atoms with van der Waals surface area (Å²) in [5.74, 6) is 0.542. The average Bonchev–Trinajstić information content (AvgIpc) is 2.41. The van der Waals surface area contributed by atoms with Gasteiger partial charge in [-0.1, -0.05) is 44.2 Å². The van der Waals surface area contributed by atoms with E-state index in [4.69, 9.17) is 0 Å².